The first-order chi connectivity index (χ1) is 11.7. The minimum absolute atomic E-state index is 0.00345. The number of primary sulfonamides is 1. The summed E-state index contributed by atoms with van der Waals surface area (Å²) in [4.78, 5) is 14.0. The van der Waals surface area contributed by atoms with Crippen LogP contribution in [0.1, 0.15) is 11.1 Å². The van der Waals surface area contributed by atoms with Gasteiger partial charge in [0.25, 0.3) is 0 Å². The smallest absolute Gasteiger partial charge is 0.319 e. The summed E-state index contributed by atoms with van der Waals surface area (Å²) < 4.78 is 22.4. The number of sulfonamides is 1. The summed E-state index contributed by atoms with van der Waals surface area (Å²) in [5.41, 5.74) is 2.67. The maximum atomic E-state index is 11.9. The van der Waals surface area contributed by atoms with Crippen LogP contribution in [0.4, 0.5) is 10.5 Å². The highest BCUT2D eigenvalue weighted by molar-refractivity contribution is 7.89. The van der Waals surface area contributed by atoms with Crippen molar-refractivity contribution in [3.05, 3.63) is 59.7 Å². The fourth-order valence-electron chi connectivity index (χ4n) is 2.21. The Morgan fingerprint density at radius 3 is 2.08 bits per heavy atom. The van der Waals surface area contributed by atoms with Gasteiger partial charge >= 0.3 is 6.03 Å². The minimum atomic E-state index is -3.74. The molecule has 0 bridgehead atoms. The Hall–Kier alpha value is -2.42. The molecular weight excluding hydrogens is 340 g/mol. The molecule has 0 aliphatic carbocycles. The zero-order chi connectivity index (χ0) is 18.4. The molecule has 2 rings (SSSR count). The second kappa shape index (κ2) is 8.11. The van der Waals surface area contributed by atoms with E-state index in [2.05, 4.69) is 15.5 Å². The Bertz CT molecular complexity index is 816. The molecule has 2 aromatic rings. The van der Waals surface area contributed by atoms with Crippen LogP contribution in [-0.4, -0.2) is 33.4 Å². The number of hydrogen-bond acceptors (Lipinski definition) is 4. The lowest BCUT2D eigenvalue weighted by molar-refractivity contribution is 0.251. The van der Waals surface area contributed by atoms with Crippen LogP contribution in [0.15, 0.2) is 53.4 Å². The molecule has 2 amide bonds. The summed E-state index contributed by atoms with van der Waals surface area (Å²) >= 11 is 0. The maximum Gasteiger partial charge on any atom is 0.319 e. The minimum Gasteiger partial charge on any atom is -0.334 e. The van der Waals surface area contributed by atoms with E-state index in [0.29, 0.717) is 12.2 Å². The van der Waals surface area contributed by atoms with Crippen molar-refractivity contribution >= 4 is 21.7 Å². The number of carbonyl (C=O) groups is 1. The van der Waals surface area contributed by atoms with Crippen LogP contribution in [-0.2, 0) is 23.1 Å². The first-order valence-corrected chi connectivity index (χ1v) is 9.19. The van der Waals surface area contributed by atoms with Gasteiger partial charge in [0.1, 0.15) is 0 Å². The van der Waals surface area contributed by atoms with Crippen molar-refractivity contribution in [3.63, 3.8) is 0 Å². The molecule has 0 aliphatic heterocycles. The van der Waals surface area contributed by atoms with Crippen LogP contribution in [0.25, 0.3) is 0 Å². The summed E-state index contributed by atoms with van der Waals surface area (Å²) in [7, 11) is 0.282. The molecule has 0 fully saturated rings. The molecule has 0 aliphatic rings. The SMILES string of the molecule is CN(C)Cc1ccc(CNC(=O)Nc2ccc(S(N)(=O)=O)cc2)cc1. The molecule has 0 aromatic heterocycles. The van der Waals surface area contributed by atoms with E-state index in [4.69, 9.17) is 5.14 Å². The van der Waals surface area contributed by atoms with Crippen molar-refractivity contribution in [2.75, 3.05) is 19.4 Å². The molecule has 4 N–H and O–H groups in total. The summed E-state index contributed by atoms with van der Waals surface area (Å²) in [5, 5.41) is 10.4. The van der Waals surface area contributed by atoms with Crippen LogP contribution in [0.5, 0.6) is 0 Å². The molecule has 0 saturated carbocycles. The molecule has 0 saturated heterocycles. The molecule has 0 spiro atoms. The number of nitrogens with one attached hydrogen (secondary N) is 2. The van der Waals surface area contributed by atoms with Gasteiger partial charge in [0, 0.05) is 18.8 Å². The standard InChI is InChI=1S/C17H22N4O3S/c1-21(2)12-14-5-3-13(4-6-14)11-19-17(22)20-15-7-9-16(10-8-15)25(18,23)24/h3-10H,11-12H2,1-2H3,(H2,18,23,24)(H2,19,20,22). The van der Waals surface area contributed by atoms with Gasteiger partial charge in [-0.05, 0) is 49.5 Å². The lowest BCUT2D eigenvalue weighted by atomic mass is 10.1. The highest BCUT2D eigenvalue weighted by atomic mass is 32.2. The van der Waals surface area contributed by atoms with Gasteiger partial charge < -0.3 is 15.5 Å². The third-order valence-corrected chi connectivity index (χ3v) is 4.34. The Morgan fingerprint density at radius 1 is 1.00 bits per heavy atom. The van der Waals surface area contributed by atoms with Crippen LogP contribution in [0.3, 0.4) is 0 Å². The van der Waals surface area contributed by atoms with Crippen molar-refractivity contribution in [2.45, 2.75) is 18.0 Å². The molecule has 0 heterocycles. The van der Waals surface area contributed by atoms with E-state index >= 15 is 0 Å². The predicted octanol–water partition coefficient (Wildman–Crippen LogP) is 1.72. The number of rotatable bonds is 6. The number of urea groups is 1. The number of benzene rings is 2. The monoisotopic (exact) mass is 362 g/mol. The van der Waals surface area contributed by atoms with Crippen LogP contribution < -0.4 is 15.8 Å². The zero-order valence-corrected chi connectivity index (χ0v) is 15.0. The molecule has 8 heteroatoms. The Balaban J connectivity index is 1.86. The largest absolute Gasteiger partial charge is 0.334 e. The summed E-state index contributed by atoms with van der Waals surface area (Å²) in [5.74, 6) is 0. The average molecular weight is 362 g/mol. The van der Waals surface area contributed by atoms with Crippen molar-refractivity contribution in [2.24, 2.45) is 5.14 Å². The van der Waals surface area contributed by atoms with Crippen LogP contribution in [0.2, 0.25) is 0 Å². The maximum absolute atomic E-state index is 11.9. The van der Waals surface area contributed by atoms with Gasteiger partial charge in [-0.3, -0.25) is 0 Å². The van der Waals surface area contributed by atoms with E-state index in [1.54, 1.807) is 0 Å². The topological polar surface area (TPSA) is 105 Å². The van der Waals surface area contributed by atoms with Crippen molar-refractivity contribution in [3.8, 4) is 0 Å². The average Bonchev–Trinajstić information content (AvgIpc) is 2.53. The third kappa shape index (κ3) is 6.18. The van der Waals surface area contributed by atoms with Crippen molar-refractivity contribution in [1.29, 1.82) is 0 Å². The third-order valence-electron chi connectivity index (χ3n) is 3.42. The highest BCUT2D eigenvalue weighted by Crippen LogP contribution is 2.12. The first kappa shape index (κ1) is 18.9. The zero-order valence-electron chi connectivity index (χ0n) is 14.2. The number of anilines is 1. The van der Waals surface area contributed by atoms with Gasteiger partial charge in [-0.2, -0.15) is 0 Å². The lowest BCUT2D eigenvalue weighted by Gasteiger charge is -2.11. The fraction of sp³-hybridized carbons (Fsp3) is 0.235. The molecule has 7 nitrogen and oxygen atoms in total. The number of hydrogen-bond donors (Lipinski definition) is 3. The van der Waals surface area contributed by atoms with E-state index in [0.717, 1.165) is 12.1 Å². The van der Waals surface area contributed by atoms with E-state index in [-0.39, 0.29) is 10.9 Å². The summed E-state index contributed by atoms with van der Waals surface area (Å²) in [6.45, 7) is 1.26. The van der Waals surface area contributed by atoms with E-state index < -0.39 is 10.0 Å². The van der Waals surface area contributed by atoms with Gasteiger partial charge in [0.15, 0.2) is 0 Å². The molecule has 134 valence electrons. The number of nitrogens with two attached hydrogens (primary N) is 1. The van der Waals surface area contributed by atoms with Gasteiger partial charge in [0.05, 0.1) is 4.90 Å². The molecule has 0 atom stereocenters. The van der Waals surface area contributed by atoms with Gasteiger partial charge in [-0.1, -0.05) is 24.3 Å². The molecule has 2 aromatic carbocycles. The molecule has 0 radical (unpaired) electrons. The van der Waals surface area contributed by atoms with Gasteiger partial charge in [0.2, 0.25) is 10.0 Å². The van der Waals surface area contributed by atoms with Gasteiger partial charge in [-0.15, -0.1) is 0 Å². The molecule has 0 unspecified atom stereocenters. The number of amides is 2. The van der Waals surface area contributed by atoms with E-state index in [1.807, 2.05) is 38.4 Å². The van der Waals surface area contributed by atoms with Crippen LogP contribution >= 0.6 is 0 Å². The quantitative estimate of drug-likeness (QED) is 0.728. The summed E-state index contributed by atoms with van der Waals surface area (Å²) in [6.07, 6.45) is 0. The Morgan fingerprint density at radius 2 is 1.56 bits per heavy atom. The summed E-state index contributed by atoms with van der Waals surface area (Å²) in [6, 6.07) is 13.3. The molecule has 25 heavy (non-hydrogen) atoms. The second-order valence-corrected chi connectivity index (χ2v) is 7.49. The number of nitrogens with zero attached hydrogens (tertiary/aromatic N) is 1. The Kier molecular flexibility index (Phi) is 6.13. The predicted molar refractivity (Wildman–Crippen MR) is 97.5 cm³/mol. The molecular formula is C17H22N4O3S. The Labute approximate surface area is 147 Å². The van der Waals surface area contributed by atoms with Crippen molar-refractivity contribution < 1.29 is 13.2 Å². The lowest BCUT2D eigenvalue weighted by Crippen LogP contribution is -2.28. The normalized spacial score (nSPS) is 11.4. The van der Waals surface area contributed by atoms with Gasteiger partial charge in [-0.25, -0.2) is 18.4 Å². The van der Waals surface area contributed by atoms with E-state index in [9.17, 15) is 13.2 Å². The second-order valence-electron chi connectivity index (χ2n) is 5.93. The van der Waals surface area contributed by atoms with E-state index in [1.165, 1.54) is 29.8 Å². The fourth-order valence-corrected chi connectivity index (χ4v) is 2.73. The van der Waals surface area contributed by atoms with Crippen LogP contribution in [0, 0.1) is 0 Å². The van der Waals surface area contributed by atoms with Crippen molar-refractivity contribution in [1.82, 2.24) is 10.2 Å². The first-order valence-electron chi connectivity index (χ1n) is 7.64. The number of carbonyl (C=O) groups excluding carboxylic acids is 1. The highest BCUT2D eigenvalue weighted by Gasteiger charge is 2.08.